The molecule has 14 heavy (non-hydrogen) atoms. The first-order valence-electron chi connectivity index (χ1n) is 3.94. The van der Waals surface area contributed by atoms with Crippen LogP contribution in [0.1, 0.15) is 6.42 Å². The van der Waals surface area contributed by atoms with Gasteiger partial charge in [0, 0.05) is 13.7 Å². The van der Waals surface area contributed by atoms with Crippen LogP contribution in [0.5, 0.6) is 0 Å². The van der Waals surface area contributed by atoms with Crippen LogP contribution in [0.15, 0.2) is 0 Å². The van der Waals surface area contributed by atoms with Crippen molar-refractivity contribution in [2.45, 2.75) is 18.6 Å². The van der Waals surface area contributed by atoms with E-state index in [2.05, 4.69) is 10.1 Å². The summed E-state index contributed by atoms with van der Waals surface area (Å²) in [4.78, 5) is 10.8. The number of hydrogen-bond donors (Lipinski definition) is 2. The van der Waals surface area contributed by atoms with Gasteiger partial charge in [0.2, 0.25) is 5.91 Å². The maximum atomic E-state index is 11.7. The summed E-state index contributed by atoms with van der Waals surface area (Å²) in [5, 5.41) is 2.12. The first-order chi connectivity index (χ1) is 6.39. The van der Waals surface area contributed by atoms with E-state index in [0.717, 1.165) is 0 Å². The number of rotatable bonds is 5. The lowest BCUT2D eigenvalue weighted by Crippen LogP contribution is -2.44. The quantitative estimate of drug-likeness (QED) is 0.678. The fourth-order valence-corrected chi connectivity index (χ4v) is 0.831. The lowest BCUT2D eigenvalue weighted by Gasteiger charge is -2.16. The third-order valence-corrected chi connectivity index (χ3v) is 1.38. The second-order valence-electron chi connectivity index (χ2n) is 2.75. The number of nitrogens with two attached hydrogens (primary N) is 1. The topological polar surface area (TPSA) is 64.3 Å². The fraction of sp³-hybridized carbons (Fsp3) is 0.857. The highest BCUT2D eigenvalue weighted by atomic mass is 19.4. The highest BCUT2D eigenvalue weighted by molar-refractivity contribution is 5.76. The minimum atomic E-state index is -4.49. The van der Waals surface area contributed by atoms with Crippen LogP contribution < -0.4 is 11.1 Å². The van der Waals surface area contributed by atoms with Gasteiger partial charge in [-0.15, -0.1) is 0 Å². The Balaban J connectivity index is 3.91. The van der Waals surface area contributed by atoms with Crippen molar-refractivity contribution in [2.24, 2.45) is 5.73 Å². The van der Waals surface area contributed by atoms with Crippen LogP contribution >= 0.6 is 0 Å². The van der Waals surface area contributed by atoms with Crippen molar-refractivity contribution in [1.29, 1.82) is 0 Å². The maximum absolute atomic E-state index is 11.7. The zero-order valence-corrected chi connectivity index (χ0v) is 7.73. The second kappa shape index (κ2) is 5.82. The molecule has 0 saturated heterocycles. The zero-order chi connectivity index (χ0) is 11.2. The van der Waals surface area contributed by atoms with Gasteiger partial charge in [0.15, 0.2) is 0 Å². The van der Waals surface area contributed by atoms with Gasteiger partial charge < -0.3 is 15.8 Å². The summed E-state index contributed by atoms with van der Waals surface area (Å²) >= 11 is 0. The maximum Gasteiger partial charge on any atom is 0.397 e. The number of amides is 1. The highest BCUT2D eigenvalue weighted by Gasteiger charge is 2.31. The van der Waals surface area contributed by atoms with Crippen molar-refractivity contribution in [3.8, 4) is 0 Å². The van der Waals surface area contributed by atoms with Crippen LogP contribution in [0.4, 0.5) is 13.2 Å². The van der Waals surface area contributed by atoms with E-state index in [0.29, 0.717) is 0 Å². The van der Waals surface area contributed by atoms with Gasteiger partial charge in [0.1, 0.15) is 6.42 Å². The third-order valence-electron chi connectivity index (χ3n) is 1.38. The van der Waals surface area contributed by atoms with Gasteiger partial charge in [0.05, 0.1) is 12.6 Å². The summed E-state index contributed by atoms with van der Waals surface area (Å²) in [6.07, 6.45) is -5.98. The molecule has 84 valence electrons. The average Bonchev–Trinajstić information content (AvgIpc) is 2.00. The molecule has 0 fully saturated rings. The van der Waals surface area contributed by atoms with Crippen LogP contribution in [0.25, 0.3) is 0 Å². The Bertz CT molecular complexity index is 184. The number of hydrogen-bond acceptors (Lipinski definition) is 3. The number of alkyl halides is 3. The van der Waals surface area contributed by atoms with E-state index in [-0.39, 0.29) is 13.2 Å². The van der Waals surface area contributed by atoms with E-state index < -0.39 is 24.5 Å². The van der Waals surface area contributed by atoms with E-state index >= 15 is 0 Å². The fourth-order valence-electron chi connectivity index (χ4n) is 0.831. The summed E-state index contributed by atoms with van der Waals surface area (Å²) in [6.45, 7) is 0.136. The van der Waals surface area contributed by atoms with Crippen LogP contribution in [0.3, 0.4) is 0 Å². The Morgan fingerprint density at radius 1 is 1.57 bits per heavy atom. The third kappa shape index (κ3) is 6.67. The Hall–Kier alpha value is -0.820. The number of carbonyl (C=O) groups excluding carboxylic acids is 1. The molecule has 1 atom stereocenters. The molecule has 1 amide bonds. The summed E-state index contributed by atoms with van der Waals surface area (Å²) in [6, 6.07) is -0.574. The van der Waals surface area contributed by atoms with Gasteiger partial charge in [-0.1, -0.05) is 0 Å². The normalized spacial score (nSPS) is 13.8. The molecule has 0 aromatic rings. The summed E-state index contributed by atoms with van der Waals surface area (Å²) in [7, 11) is 1.37. The van der Waals surface area contributed by atoms with Crippen molar-refractivity contribution >= 4 is 5.91 Å². The van der Waals surface area contributed by atoms with Crippen LogP contribution in [-0.4, -0.2) is 38.4 Å². The minimum absolute atomic E-state index is 0.0391. The van der Waals surface area contributed by atoms with Gasteiger partial charge in [-0.05, 0) is 0 Å². The molecule has 0 spiro atoms. The van der Waals surface area contributed by atoms with E-state index in [1.165, 1.54) is 7.11 Å². The van der Waals surface area contributed by atoms with E-state index in [1.807, 2.05) is 0 Å². The minimum Gasteiger partial charge on any atom is -0.383 e. The van der Waals surface area contributed by atoms with Gasteiger partial charge in [0.25, 0.3) is 0 Å². The van der Waals surface area contributed by atoms with Gasteiger partial charge in [-0.2, -0.15) is 13.2 Å². The van der Waals surface area contributed by atoms with E-state index in [4.69, 9.17) is 5.73 Å². The summed E-state index contributed by atoms with van der Waals surface area (Å²) in [5.74, 6) is -1.09. The molecule has 3 N–H and O–H groups in total. The van der Waals surface area contributed by atoms with E-state index in [1.54, 1.807) is 0 Å². The lowest BCUT2D eigenvalue weighted by atomic mass is 10.3. The Morgan fingerprint density at radius 3 is 2.50 bits per heavy atom. The Kier molecular flexibility index (Phi) is 5.47. The molecule has 0 saturated carbocycles. The molecule has 0 aliphatic carbocycles. The number of halogens is 3. The molecular weight excluding hydrogens is 201 g/mol. The van der Waals surface area contributed by atoms with Crippen molar-refractivity contribution in [3.63, 3.8) is 0 Å². The highest BCUT2D eigenvalue weighted by Crippen LogP contribution is 2.18. The molecule has 0 radical (unpaired) electrons. The Morgan fingerprint density at radius 2 is 2.14 bits per heavy atom. The SMILES string of the molecule is COCC(CN)NC(=O)CC(F)(F)F. The van der Waals surface area contributed by atoms with E-state index in [9.17, 15) is 18.0 Å². The average molecular weight is 214 g/mol. The summed E-state index contributed by atoms with van der Waals surface area (Å²) < 4.78 is 39.8. The van der Waals surface area contributed by atoms with Crippen LogP contribution in [-0.2, 0) is 9.53 Å². The molecular formula is C7H13F3N2O2. The predicted octanol–water partition coefficient (Wildman–Crippen LogP) is 0.0287. The number of ether oxygens (including phenoxy) is 1. The number of nitrogens with one attached hydrogen (secondary N) is 1. The van der Waals surface area contributed by atoms with Crippen molar-refractivity contribution in [2.75, 3.05) is 20.3 Å². The summed E-state index contributed by atoms with van der Waals surface area (Å²) in [5.41, 5.74) is 5.19. The zero-order valence-electron chi connectivity index (χ0n) is 7.73. The lowest BCUT2D eigenvalue weighted by molar-refractivity contribution is -0.154. The second-order valence-corrected chi connectivity index (χ2v) is 2.75. The first kappa shape index (κ1) is 13.2. The molecule has 1 unspecified atom stereocenters. The molecule has 0 bridgehead atoms. The predicted molar refractivity (Wildman–Crippen MR) is 43.5 cm³/mol. The monoisotopic (exact) mass is 214 g/mol. The molecule has 0 aromatic carbocycles. The molecule has 0 aliphatic heterocycles. The molecule has 7 heteroatoms. The number of carbonyl (C=O) groups is 1. The molecule has 0 rings (SSSR count). The first-order valence-corrected chi connectivity index (χ1v) is 3.94. The molecule has 0 aromatic heterocycles. The van der Waals surface area contributed by atoms with Gasteiger partial charge in [-0.3, -0.25) is 4.79 Å². The van der Waals surface area contributed by atoms with Crippen molar-refractivity contribution < 1.29 is 22.7 Å². The molecule has 0 aliphatic rings. The molecule has 4 nitrogen and oxygen atoms in total. The van der Waals surface area contributed by atoms with Gasteiger partial charge >= 0.3 is 6.18 Å². The number of methoxy groups -OCH3 is 1. The standard InChI is InChI=1S/C7H13F3N2O2/c1-14-4-5(3-11)12-6(13)2-7(8,9)10/h5H,2-4,11H2,1H3,(H,12,13). The molecule has 0 heterocycles. The van der Waals surface area contributed by atoms with Crippen LogP contribution in [0.2, 0.25) is 0 Å². The van der Waals surface area contributed by atoms with Gasteiger partial charge in [-0.25, -0.2) is 0 Å². The van der Waals surface area contributed by atoms with Crippen LogP contribution in [0, 0.1) is 0 Å². The van der Waals surface area contributed by atoms with Crippen molar-refractivity contribution in [1.82, 2.24) is 5.32 Å². The smallest absolute Gasteiger partial charge is 0.383 e. The Labute approximate surface area is 79.6 Å². The largest absolute Gasteiger partial charge is 0.397 e. The van der Waals surface area contributed by atoms with Crippen molar-refractivity contribution in [3.05, 3.63) is 0 Å².